The Labute approximate surface area is 113 Å². The molecule has 0 bridgehead atoms. The number of hydrogen-bond acceptors (Lipinski definition) is 4. The zero-order valence-electron chi connectivity index (χ0n) is 9.44. The van der Waals surface area contributed by atoms with Crippen molar-refractivity contribution in [1.82, 2.24) is 9.88 Å². The minimum atomic E-state index is 0.0649. The van der Waals surface area contributed by atoms with Gasteiger partial charge in [0, 0.05) is 19.5 Å². The molecule has 0 aliphatic rings. The molecular weight excluding hydrogens is 276 g/mol. The molecule has 0 atom stereocenters. The van der Waals surface area contributed by atoms with Crippen LogP contribution >= 0.6 is 34.3 Å². The molecule has 0 aromatic carbocycles. The Bertz CT molecular complexity index is 533. The standard InChI is InChI=1S/C11H11ClN2OS2/c1-14(2)11(15)5-10-13-7(6-16-10)8-3-4-9(12)17-8/h3-4,6H,5H2,1-2H3. The highest BCUT2D eigenvalue weighted by Crippen LogP contribution is 2.31. The maximum absolute atomic E-state index is 11.5. The van der Waals surface area contributed by atoms with Gasteiger partial charge < -0.3 is 4.90 Å². The Morgan fingerprint density at radius 3 is 2.82 bits per heavy atom. The maximum atomic E-state index is 11.5. The smallest absolute Gasteiger partial charge is 0.228 e. The second kappa shape index (κ2) is 5.16. The first-order valence-electron chi connectivity index (χ1n) is 4.96. The number of likely N-dealkylation sites (N-methyl/N-ethyl adjacent to an activating group) is 1. The minimum Gasteiger partial charge on any atom is -0.348 e. The van der Waals surface area contributed by atoms with Crippen molar-refractivity contribution in [3.05, 3.63) is 26.9 Å². The highest BCUT2D eigenvalue weighted by molar-refractivity contribution is 7.19. The predicted octanol–water partition coefficient (Wildman–Crippen LogP) is 3.16. The van der Waals surface area contributed by atoms with Crippen molar-refractivity contribution in [3.63, 3.8) is 0 Å². The monoisotopic (exact) mass is 286 g/mol. The van der Waals surface area contributed by atoms with E-state index >= 15 is 0 Å². The largest absolute Gasteiger partial charge is 0.348 e. The summed E-state index contributed by atoms with van der Waals surface area (Å²) in [6, 6.07) is 3.80. The van der Waals surface area contributed by atoms with Crippen LogP contribution in [0.4, 0.5) is 0 Å². The van der Waals surface area contributed by atoms with Crippen LogP contribution in [0.25, 0.3) is 10.6 Å². The first-order chi connectivity index (χ1) is 8.06. The number of carbonyl (C=O) groups excluding carboxylic acids is 1. The van der Waals surface area contributed by atoms with Crippen LogP contribution < -0.4 is 0 Å². The van der Waals surface area contributed by atoms with Gasteiger partial charge >= 0.3 is 0 Å². The Hall–Kier alpha value is -0.910. The molecule has 0 aliphatic carbocycles. The van der Waals surface area contributed by atoms with Crippen molar-refractivity contribution in [1.29, 1.82) is 0 Å². The predicted molar refractivity (Wildman–Crippen MR) is 72.8 cm³/mol. The van der Waals surface area contributed by atoms with Crippen LogP contribution in [-0.2, 0) is 11.2 Å². The van der Waals surface area contributed by atoms with Crippen molar-refractivity contribution in [2.45, 2.75) is 6.42 Å². The van der Waals surface area contributed by atoms with Crippen LogP contribution in [0.3, 0.4) is 0 Å². The maximum Gasteiger partial charge on any atom is 0.228 e. The molecule has 0 saturated heterocycles. The van der Waals surface area contributed by atoms with Crippen molar-refractivity contribution in [2.24, 2.45) is 0 Å². The molecule has 2 aromatic heterocycles. The third-order valence-corrected chi connectivity index (χ3v) is 4.28. The first kappa shape index (κ1) is 12.5. The van der Waals surface area contributed by atoms with Crippen LogP contribution in [0.1, 0.15) is 5.01 Å². The topological polar surface area (TPSA) is 33.2 Å². The number of carbonyl (C=O) groups is 1. The molecule has 0 spiro atoms. The number of halogens is 1. The van der Waals surface area contributed by atoms with Gasteiger partial charge in [-0.3, -0.25) is 4.79 Å². The molecule has 3 nitrogen and oxygen atoms in total. The van der Waals surface area contributed by atoms with Crippen molar-refractivity contribution >= 4 is 40.2 Å². The molecule has 0 saturated carbocycles. The Kier molecular flexibility index (Phi) is 3.81. The minimum absolute atomic E-state index is 0.0649. The molecule has 2 aromatic rings. The number of rotatable bonds is 3. The highest BCUT2D eigenvalue weighted by Gasteiger charge is 2.11. The summed E-state index contributed by atoms with van der Waals surface area (Å²) in [6.45, 7) is 0. The van der Waals surface area contributed by atoms with Crippen LogP contribution in [-0.4, -0.2) is 29.9 Å². The summed E-state index contributed by atoms with van der Waals surface area (Å²) in [5.74, 6) is 0.0649. The Morgan fingerprint density at radius 2 is 2.24 bits per heavy atom. The summed E-state index contributed by atoms with van der Waals surface area (Å²) in [6.07, 6.45) is 0.358. The van der Waals surface area contributed by atoms with E-state index < -0.39 is 0 Å². The molecule has 17 heavy (non-hydrogen) atoms. The van der Waals surface area contributed by atoms with E-state index in [0.717, 1.165) is 19.9 Å². The van der Waals surface area contributed by atoms with Crippen molar-refractivity contribution in [2.75, 3.05) is 14.1 Å². The molecule has 6 heteroatoms. The summed E-state index contributed by atoms with van der Waals surface area (Å²) < 4.78 is 0.749. The number of thiazole rings is 1. The van der Waals surface area contributed by atoms with Crippen LogP contribution in [0, 0.1) is 0 Å². The second-order valence-electron chi connectivity index (χ2n) is 3.70. The molecule has 1 amide bonds. The number of nitrogens with zero attached hydrogens (tertiary/aromatic N) is 2. The molecule has 90 valence electrons. The normalized spacial score (nSPS) is 10.5. The molecule has 0 aliphatic heterocycles. The van der Waals surface area contributed by atoms with Crippen molar-refractivity contribution < 1.29 is 4.79 Å². The van der Waals surface area contributed by atoms with Gasteiger partial charge in [0.25, 0.3) is 0 Å². The van der Waals surface area contributed by atoms with Crippen LogP contribution in [0.5, 0.6) is 0 Å². The van der Waals surface area contributed by atoms with Gasteiger partial charge in [-0.05, 0) is 12.1 Å². The molecule has 2 heterocycles. The lowest BCUT2D eigenvalue weighted by molar-refractivity contribution is -0.127. The van der Waals surface area contributed by atoms with Gasteiger partial charge in [-0.15, -0.1) is 22.7 Å². The van der Waals surface area contributed by atoms with E-state index in [1.165, 1.54) is 22.7 Å². The second-order valence-corrected chi connectivity index (χ2v) is 6.35. The van der Waals surface area contributed by atoms with E-state index in [9.17, 15) is 4.79 Å². The molecule has 0 fully saturated rings. The molecule has 0 N–H and O–H groups in total. The third-order valence-electron chi connectivity index (χ3n) is 2.18. The fourth-order valence-corrected chi connectivity index (χ4v) is 3.11. The summed E-state index contributed by atoms with van der Waals surface area (Å²) in [7, 11) is 3.49. The lowest BCUT2D eigenvalue weighted by Crippen LogP contribution is -2.23. The third kappa shape index (κ3) is 3.06. The van der Waals surface area contributed by atoms with Gasteiger partial charge in [-0.2, -0.15) is 0 Å². The number of amides is 1. The van der Waals surface area contributed by atoms with E-state index in [1.54, 1.807) is 19.0 Å². The SMILES string of the molecule is CN(C)C(=O)Cc1nc(-c2ccc(Cl)s2)cs1. The van der Waals surface area contributed by atoms with Crippen LogP contribution in [0.15, 0.2) is 17.5 Å². The van der Waals surface area contributed by atoms with E-state index in [2.05, 4.69) is 4.98 Å². The molecule has 0 radical (unpaired) electrons. The number of aromatic nitrogens is 1. The van der Waals surface area contributed by atoms with E-state index in [4.69, 9.17) is 11.6 Å². The fraction of sp³-hybridized carbons (Fsp3) is 0.273. The average molecular weight is 287 g/mol. The Balaban J connectivity index is 2.14. The summed E-state index contributed by atoms with van der Waals surface area (Å²) >= 11 is 8.87. The van der Waals surface area contributed by atoms with Gasteiger partial charge in [0.1, 0.15) is 5.01 Å². The van der Waals surface area contributed by atoms with Crippen molar-refractivity contribution in [3.8, 4) is 10.6 Å². The summed E-state index contributed by atoms with van der Waals surface area (Å²) in [5.41, 5.74) is 0.897. The highest BCUT2D eigenvalue weighted by atomic mass is 35.5. The quantitative estimate of drug-likeness (QED) is 0.868. The number of hydrogen-bond donors (Lipinski definition) is 0. The average Bonchev–Trinajstić information content (AvgIpc) is 2.86. The zero-order chi connectivity index (χ0) is 12.4. The molecule has 0 unspecified atom stereocenters. The summed E-state index contributed by atoms with van der Waals surface area (Å²) in [5, 5.41) is 2.80. The molecular formula is C11H11ClN2OS2. The van der Waals surface area contributed by atoms with Gasteiger partial charge in [0.2, 0.25) is 5.91 Å². The number of thiophene rings is 1. The van der Waals surface area contributed by atoms with Gasteiger partial charge in [-0.25, -0.2) is 4.98 Å². The lowest BCUT2D eigenvalue weighted by Gasteiger charge is -2.07. The van der Waals surface area contributed by atoms with E-state index in [1.807, 2.05) is 17.5 Å². The van der Waals surface area contributed by atoms with Gasteiger partial charge in [0.05, 0.1) is 21.3 Å². The Morgan fingerprint density at radius 1 is 1.47 bits per heavy atom. The first-order valence-corrected chi connectivity index (χ1v) is 7.04. The lowest BCUT2D eigenvalue weighted by atomic mass is 10.3. The molecule has 2 rings (SSSR count). The van der Waals surface area contributed by atoms with E-state index in [0.29, 0.717) is 6.42 Å². The van der Waals surface area contributed by atoms with E-state index in [-0.39, 0.29) is 5.91 Å². The zero-order valence-corrected chi connectivity index (χ0v) is 11.8. The van der Waals surface area contributed by atoms with Gasteiger partial charge in [0.15, 0.2) is 0 Å². The van der Waals surface area contributed by atoms with Crippen LogP contribution in [0.2, 0.25) is 4.34 Å². The van der Waals surface area contributed by atoms with Gasteiger partial charge in [-0.1, -0.05) is 11.6 Å². The summed E-state index contributed by atoms with van der Waals surface area (Å²) in [4.78, 5) is 18.6. The fourth-order valence-electron chi connectivity index (χ4n) is 1.24.